The summed E-state index contributed by atoms with van der Waals surface area (Å²) in [6.07, 6.45) is 1.47. The molecule has 0 fully saturated rings. The maximum atomic E-state index is 12.7. The third-order valence-electron chi connectivity index (χ3n) is 5.30. The van der Waals surface area contributed by atoms with E-state index in [1.807, 2.05) is 19.9 Å². The zero-order valence-electron chi connectivity index (χ0n) is 20.4. The van der Waals surface area contributed by atoms with E-state index in [9.17, 15) is 9.59 Å². The van der Waals surface area contributed by atoms with Crippen LogP contribution in [0.5, 0.6) is 11.5 Å². The van der Waals surface area contributed by atoms with Crippen molar-refractivity contribution in [1.82, 2.24) is 10.7 Å². The van der Waals surface area contributed by atoms with E-state index in [-0.39, 0.29) is 18.4 Å². The van der Waals surface area contributed by atoms with E-state index in [1.165, 1.54) is 13.3 Å². The summed E-state index contributed by atoms with van der Waals surface area (Å²) in [5.74, 6) is 0.0345. The normalized spacial score (nSPS) is 11.9. The highest BCUT2D eigenvalue weighted by atomic mass is 79.9. The summed E-state index contributed by atoms with van der Waals surface area (Å²) in [5.41, 5.74) is 4.39. The quantitative estimate of drug-likeness (QED) is 0.211. The van der Waals surface area contributed by atoms with Gasteiger partial charge in [-0.2, -0.15) is 5.10 Å². The van der Waals surface area contributed by atoms with Gasteiger partial charge in [0.15, 0.2) is 11.5 Å². The van der Waals surface area contributed by atoms with Gasteiger partial charge in [-0.3, -0.25) is 9.59 Å². The summed E-state index contributed by atoms with van der Waals surface area (Å²) in [6.45, 7) is 3.90. The van der Waals surface area contributed by atoms with Crippen LogP contribution in [0.1, 0.15) is 35.3 Å². The van der Waals surface area contributed by atoms with Crippen molar-refractivity contribution in [2.75, 3.05) is 7.11 Å². The standard InChI is InChI=1S/C27H26BrCl2N3O4/c1-16(2)24(32-26(34)18-7-5-4-6-8-18)27(35)33-31-14-17-11-21(28)25(23(12-17)36-3)37-15-19-9-10-20(29)13-22(19)30/h4-14,16,24H,15H2,1-3H3,(H,32,34)(H,33,35). The van der Waals surface area contributed by atoms with E-state index >= 15 is 0 Å². The van der Waals surface area contributed by atoms with Crippen LogP contribution in [-0.2, 0) is 11.4 Å². The molecule has 2 amide bonds. The molecule has 2 N–H and O–H groups in total. The fraction of sp³-hybridized carbons (Fsp3) is 0.222. The van der Waals surface area contributed by atoms with E-state index in [0.29, 0.717) is 37.1 Å². The Morgan fingerprint density at radius 1 is 1.08 bits per heavy atom. The number of methoxy groups -OCH3 is 1. The Labute approximate surface area is 234 Å². The number of carbonyl (C=O) groups is 2. The smallest absolute Gasteiger partial charge is 0.262 e. The number of rotatable bonds is 10. The van der Waals surface area contributed by atoms with Crippen molar-refractivity contribution in [2.45, 2.75) is 26.5 Å². The van der Waals surface area contributed by atoms with Gasteiger partial charge in [-0.1, -0.05) is 61.3 Å². The molecule has 3 rings (SSSR count). The number of hydrogen-bond donors (Lipinski definition) is 2. The second-order valence-electron chi connectivity index (χ2n) is 8.35. The highest BCUT2D eigenvalue weighted by Crippen LogP contribution is 2.37. The number of benzene rings is 3. The average Bonchev–Trinajstić information content (AvgIpc) is 2.87. The Morgan fingerprint density at radius 2 is 1.81 bits per heavy atom. The number of nitrogens with zero attached hydrogens (tertiary/aromatic N) is 1. The number of hydrogen-bond acceptors (Lipinski definition) is 5. The Balaban J connectivity index is 1.66. The van der Waals surface area contributed by atoms with Gasteiger partial charge < -0.3 is 14.8 Å². The summed E-state index contributed by atoms with van der Waals surface area (Å²) < 4.78 is 12.0. The van der Waals surface area contributed by atoms with Crippen molar-refractivity contribution < 1.29 is 19.1 Å². The summed E-state index contributed by atoms with van der Waals surface area (Å²) in [5, 5.41) is 7.87. The van der Waals surface area contributed by atoms with Crippen molar-refractivity contribution in [1.29, 1.82) is 0 Å². The van der Waals surface area contributed by atoms with E-state index in [2.05, 4.69) is 31.8 Å². The largest absolute Gasteiger partial charge is 0.493 e. The van der Waals surface area contributed by atoms with Crippen molar-refractivity contribution >= 4 is 57.2 Å². The molecule has 7 nitrogen and oxygen atoms in total. The molecule has 0 aliphatic heterocycles. The molecule has 37 heavy (non-hydrogen) atoms. The topological polar surface area (TPSA) is 89.0 Å². The van der Waals surface area contributed by atoms with Gasteiger partial charge >= 0.3 is 0 Å². The minimum absolute atomic E-state index is 0.150. The molecule has 3 aromatic rings. The van der Waals surface area contributed by atoms with Crippen LogP contribution in [0, 0.1) is 5.92 Å². The Morgan fingerprint density at radius 3 is 2.46 bits per heavy atom. The van der Waals surface area contributed by atoms with Crippen LogP contribution in [0.3, 0.4) is 0 Å². The summed E-state index contributed by atoms with van der Waals surface area (Å²) in [7, 11) is 1.52. The van der Waals surface area contributed by atoms with Crippen LogP contribution in [0.2, 0.25) is 10.0 Å². The molecule has 0 saturated carbocycles. The van der Waals surface area contributed by atoms with Crippen molar-refractivity contribution in [3.05, 3.63) is 91.9 Å². The van der Waals surface area contributed by atoms with Crippen LogP contribution in [-0.4, -0.2) is 31.2 Å². The van der Waals surface area contributed by atoms with Crippen molar-refractivity contribution in [2.24, 2.45) is 11.0 Å². The predicted molar refractivity (Wildman–Crippen MR) is 150 cm³/mol. The van der Waals surface area contributed by atoms with Crippen LogP contribution in [0.15, 0.2) is 70.2 Å². The number of nitrogens with one attached hydrogen (secondary N) is 2. The minimum Gasteiger partial charge on any atom is -0.493 e. The number of hydrazone groups is 1. The Bertz CT molecular complexity index is 1290. The molecule has 194 valence electrons. The van der Waals surface area contributed by atoms with Crippen molar-refractivity contribution in [3.8, 4) is 11.5 Å². The highest BCUT2D eigenvalue weighted by Gasteiger charge is 2.24. The monoisotopic (exact) mass is 605 g/mol. The van der Waals surface area contributed by atoms with Crippen LogP contribution in [0.4, 0.5) is 0 Å². The molecule has 10 heteroatoms. The van der Waals surface area contributed by atoms with Gasteiger partial charge in [0.25, 0.3) is 11.8 Å². The summed E-state index contributed by atoms with van der Waals surface area (Å²) >= 11 is 15.7. The van der Waals surface area contributed by atoms with E-state index < -0.39 is 11.9 Å². The zero-order chi connectivity index (χ0) is 26.9. The molecule has 0 aliphatic carbocycles. The first-order valence-corrected chi connectivity index (χ1v) is 12.9. The molecule has 1 unspecified atom stereocenters. The first-order valence-electron chi connectivity index (χ1n) is 11.3. The van der Waals surface area contributed by atoms with Gasteiger partial charge in [-0.25, -0.2) is 5.43 Å². The predicted octanol–water partition coefficient (Wildman–Crippen LogP) is 6.25. The fourth-order valence-corrected chi connectivity index (χ4v) is 4.37. The maximum Gasteiger partial charge on any atom is 0.262 e. The molecular weight excluding hydrogens is 581 g/mol. The zero-order valence-corrected chi connectivity index (χ0v) is 23.5. The SMILES string of the molecule is COc1cc(C=NNC(=O)C(NC(=O)c2ccccc2)C(C)C)cc(Br)c1OCc1ccc(Cl)cc1Cl. The van der Waals surface area contributed by atoms with Gasteiger partial charge in [-0.15, -0.1) is 0 Å². The van der Waals surface area contributed by atoms with Gasteiger partial charge in [-0.05, 0) is 63.8 Å². The third-order valence-corrected chi connectivity index (χ3v) is 6.47. The first-order chi connectivity index (χ1) is 17.7. The summed E-state index contributed by atoms with van der Waals surface area (Å²) in [6, 6.07) is 16.6. The average molecular weight is 607 g/mol. The third kappa shape index (κ3) is 7.95. The van der Waals surface area contributed by atoms with Gasteiger partial charge in [0.05, 0.1) is 17.8 Å². The van der Waals surface area contributed by atoms with Crippen LogP contribution < -0.4 is 20.2 Å². The number of ether oxygens (including phenoxy) is 2. The van der Waals surface area contributed by atoms with Gasteiger partial charge in [0.1, 0.15) is 12.6 Å². The second kappa shape index (κ2) is 13.5. The lowest BCUT2D eigenvalue weighted by atomic mass is 10.0. The molecule has 0 saturated heterocycles. The molecule has 0 bridgehead atoms. The highest BCUT2D eigenvalue weighted by molar-refractivity contribution is 9.10. The van der Waals surface area contributed by atoms with Crippen molar-refractivity contribution in [3.63, 3.8) is 0 Å². The molecule has 0 radical (unpaired) electrons. The molecular formula is C27H26BrCl2N3O4. The maximum absolute atomic E-state index is 12.7. The minimum atomic E-state index is -0.762. The van der Waals surface area contributed by atoms with E-state index in [0.717, 1.165) is 5.56 Å². The van der Waals surface area contributed by atoms with Gasteiger partial charge in [0.2, 0.25) is 0 Å². The number of carbonyl (C=O) groups excluding carboxylic acids is 2. The molecule has 1 atom stereocenters. The Hall–Kier alpha value is -3.07. The fourth-order valence-electron chi connectivity index (χ4n) is 3.33. The molecule has 3 aromatic carbocycles. The summed E-state index contributed by atoms with van der Waals surface area (Å²) in [4.78, 5) is 25.2. The lowest BCUT2D eigenvalue weighted by molar-refractivity contribution is -0.123. The van der Waals surface area contributed by atoms with E-state index in [1.54, 1.807) is 54.6 Å². The second-order valence-corrected chi connectivity index (χ2v) is 10.1. The first kappa shape index (κ1) is 28.5. The lowest BCUT2D eigenvalue weighted by Gasteiger charge is -2.20. The lowest BCUT2D eigenvalue weighted by Crippen LogP contribution is -2.48. The van der Waals surface area contributed by atoms with E-state index in [4.69, 9.17) is 32.7 Å². The molecule has 0 aliphatic rings. The Kier molecular flexibility index (Phi) is 10.4. The molecule has 0 aromatic heterocycles. The molecule has 0 spiro atoms. The van der Waals surface area contributed by atoms with Crippen LogP contribution in [0.25, 0.3) is 0 Å². The van der Waals surface area contributed by atoms with Crippen LogP contribution >= 0.6 is 39.1 Å². The number of halogens is 3. The number of amides is 2. The van der Waals surface area contributed by atoms with Gasteiger partial charge in [0, 0.05) is 21.2 Å². The molecule has 0 heterocycles.